The van der Waals surface area contributed by atoms with Crippen LogP contribution in [0.25, 0.3) is 0 Å². The van der Waals surface area contributed by atoms with E-state index < -0.39 is 22.2 Å². The van der Waals surface area contributed by atoms with E-state index in [0.717, 1.165) is 0 Å². The number of ether oxygens (including phenoxy) is 4. The van der Waals surface area contributed by atoms with Crippen molar-refractivity contribution in [3.8, 4) is 0 Å². The van der Waals surface area contributed by atoms with Crippen LogP contribution in [0, 0.1) is 0 Å². The number of nitrogens with one attached hydrogen (secondary N) is 1. The fraction of sp³-hybridized carbons (Fsp3) is 0.900. The van der Waals surface area contributed by atoms with Crippen molar-refractivity contribution >= 4 is 21.8 Å². The maximum absolute atomic E-state index is 12.6. The highest BCUT2D eigenvalue weighted by atomic mass is 32.2. The normalized spacial score (nSPS) is 17.2. The third kappa shape index (κ3) is 10.5. The Balaban J connectivity index is 2.33. The van der Waals surface area contributed by atoms with Gasteiger partial charge in [0.25, 0.3) is 5.91 Å². The first-order chi connectivity index (χ1) is 15.2. The maximum atomic E-state index is 12.6. The van der Waals surface area contributed by atoms with Gasteiger partial charge in [0.1, 0.15) is 12.2 Å². The van der Waals surface area contributed by atoms with E-state index in [4.69, 9.17) is 18.9 Å². The minimum atomic E-state index is -3.55. The molecule has 0 aromatic heterocycles. The van der Waals surface area contributed by atoms with E-state index in [1.54, 1.807) is 18.7 Å². The molecule has 0 spiro atoms. The summed E-state index contributed by atoms with van der Waals surface area (Å²) in [6, 6.07) is 0. The summed E-state index contributed by atoms with van der Waals surface area (Å²) < 4.78 is 47.7. The fourth-order valence-electron chi connectivity index (χ4n) is 3.02. The molecule has 0 saturated carbocycles. The molecule has 2 amide bonds. The van der Waals surface area contributed by atoms with Gasteiger partial charge in [-0.1, -0.05) is 0 Å². The van der Waals surface area contributed by atoms with E-state index in [1.165, 1.54) is 4.31 Å². The van der Waals surface area contributed by atoms with Crippen LogP contribution in [-0.2, 0) is 38.6 Å². The lowest BCUT2D eigenvalue weighted by atomic mass is 10.3. The molecule has 0 bridgehead atoms. The van der Waals surface area contributed by atoms with Crippen molar-refractivity contribution in [3.05, 3.63) is 0 Å². The summed E-state index contributed by atoms with van der Waals surface area (Å²) in [4.78, 5) is 26.1. The van der Waals surface area contributed by atoms with Crippen LogP contribution in [0.5, 0.6) is 0 Å². The summed E-state index contributed by atoms with van der Waals surface area (Å²) in [5.41, 5.74) is 0. The average Bonchev–Trinajstić information content (AvgIpc) is 2.78. The Bertz CT molecular complexity index is 653. The summed E-state index contributed by atoms with van der Waals surface area (Å²) in [5.74, 6) is -0.746. The summed E-state index contributed by atoms with van der Waals surface area (Å²) in [6.45, 7) is 10.7. The number of carbonyl (C=O) groups is 2. The zero-order valence-corrected chi connectivity index (χ0v) is 20.5. The fourth-order valence-corrected chi connectivity index (χ4v) is 4.36. The monoisotopic (exact) mass is 481 g/mol. The van der Waals surface area contributed by atoms with Gasteiger partial charge < -0.3 is 29.2 Å². The van der Waals surface area contributed by atoms with E-state index in [0.29, 0.717) is 52.7 Å². The molecule has 1 saturated heterocycles. The van der Waals surface area contributed by atoms with Crippen LogP contribution in [0.2, 0.25) is 0 Å². The van der Waals surface area contributed by atoms with Crippen LogP contribution >= 0.6 is 0 Å². The van der Waals surface area contributed by atoms with Gasteiger partial charge in [0.15, 0.2) is 0 Å². The first-order valence-corrected chi connectivity index (χ1v) is 12.8. The van der Waals surface area contributed by atoms with Crippen LogP contribution in [0.1, 0.15) is 27.7 Å². The van der Waals surface area contributed by atoms with Gasteiger partial charge in [-0.3, -0.25) is 9.59 Å². The number of rotatable bonds is 16. The summed E-state index contributed by atoms with van der Waals surface area (Å²) in [6.07, 6.45) is -1.29. The second kappa shape index (κ2) is 15.5. The number of hydrogen-bond donors (Lipinski definition) is 1. The highest BCUT2D eigenvalue weighted by Gasteiger charge is 2.30. The average molecular weight is 482 g/mol. The zero-order valence-electron chi connectivity index (χ0n) is 19.7. The predicted octanol–water partition coefficient (Wildman–Crippen LogP) is -0.540. The van der Waals surface area contributed by atoms with Gasteiger partial charge in [0.05, 0.1) is 32.2 Å². The third-order valence-corrected chi connectivity index (χ3v) is 6.79. The lowest BCUT2D eigenvalue weighted by molar-refractivity contribution is -0.144. The highest BCUT2D eigenvalue weighted by Crippen LogP contribution is 2.10. The first kappa shape index (κ1) is 28.7. The van der Waals surface area contributed by atoms with Crippen molar-refractivity contribution in [3.63, 3.8) is 0 Å². The third-order valence-electron chi connectivity index (χ3n) is 4.92. The molecule has 1 aliphatic rings. The number of hydrogen-bond acceptors (Lipinski definition) is 8. The molecule has 0 radical (unpaired) electrons. The van der Waals surface area contributed by atoms with Gasteiger partial charge in [-0.15, -0.1) is 0 Å². The molecule has 0 aromatic rings. The Kier molecular flexibility index (Phi) is 13.9. The molecule has 188 valence electrons. The molecular formula is C20H39N3O8S. The molecule has 0 aliphatic carbocycles. The molecule has 11 nitrogen and oxygen atoms in total. The van der Waals surface area contributed by atoms with Crippen LogP contribution < -0.4 is 5.32 Å². The van der Waals surface area contributed by atoms with Crippen molar-refractivity contribution < 1.29 is 37.0 Å². The number of amides is 2. The molecule has 0 aromatic carbocycles. The van der Waals surface area contributed by atoms with Crippen LogP contribution in [0.4, 0.5) is 0 Å². The predicted molar refractivity (Wildman–Crippen MR) is 119 cm³/mol. The Labute approximate surface area is 191 Å². The largest absolute Gasteiger partial charge is 0.379 e. The molecule has 1 N–H and O–H groups in total. The van der Waals surface area contributed by atoms with Gasteiger partial charge in [0.2, 0.25) is 15.9 Å². The van der Waals surface area contributed by atoms with Gasteiger partial charge >= 0.3 is 0 Å². The molecule has 2 atom stereocenters. The second-order valence-corrected chi connectivity index (χ2v) is 9.34. The van der Waals surface area contributed by atoms with E-state index in [1.807, 2.05) is 13.8 Å². The molecule has 1 heterocycles. The molecule has 32 heavy (non-hydrogen) atoms. The van der Waals surface area contributed by atoms with E-state index in [9.17, 15) is 18.0 Å². The maximum Gasteiger partial charge on any atom is 0.251 e. The number of nitrogens with zero attached hydrogens (tertiary/aromatic N) is 2. The highest BCUT2D eigenvalue weighted by molar-refractivity contribution is 7.89. The van der Waals surface area contributed by atoms with Gasteiger partial charge in [-0.2, -0.15) is 4.31 Å². The van der Waals surface area contributed by atoms with Crippen LogP contribution in [0.15, 0.2) is 0 Å². The minimum Gasteiger partial charge on any atom is -0.379 e. The molecule has 12 heteroatoms. The van der Waals surface area contributed by atoms with Crippen LogP contribution in [-0.4, -0.2) is 120 Å². The van der Waals surface area contributed by atoms with Gasteiger partial charge in [-0.05, 0) is 27.7 Å². The van der Waals surface area contributed by atoms with Crippen molar-refractivity contribution in [1.29, 1.82) is 0 Å². The molecular weight excluding hydrogens is 442 g/mol. The SMILES string of the molecule is CCOCCOC(C)C(=O)NCCS(=O)(=O)N1CCN(C(=O)C(C)OCCOCC)CC1. The van der Waals surface area contributed by atoms with Crippen LogP contribution in [0.3, 0.4) is 0 Å². The molecule has 1 rings (SSSR count). The van der Waals surface area contributed by atoms with Crippen molar-refractivity contribution in [1.82, 2.24) is 14.5 Å². The quantitative estimate of drug-likeness (QED) is 0.292. The van der Waals surface area contributed by atoms with Gasteiger partial charge in [-0.25, -0.2) is 8.42 Å². The number of piperazine rings is 1. The first-order valence-electron chi connectivity index (χ1n) is 11.2. The van der Waals surface area contributed by atoms with Gasteiger partial charge in [0, 0.05) is 45.9 Å². The van der Waals surface area contributed by atoms with E-state index in [-0.39, 0.29) is 37.2 Å². The number of carbonyl (C=O) groups excluding carboxylic acids is 2. The Hall–Kier alpha value is -1.31. The standard InChI is InChI=1S/C20H39N3O8S/c1-5-28-12-14-30-17(3)19(24)21-7-16-32(26,27)23-10-8-22(9-11-23)20(25)18(4)31-15-13-29-6-2/h17-18H,5-16H2,1-4H3,(H,21,24). The van der Waals surface area contributed by atoms with E-state index in [2.05, 4.69) is 5.32 Å². The zero-order chi connectivity index (χ0) is 24.0. The lowest BCUT2D eigenvalue weighted by Crippen LogP contribution is -2.53. The Morgan fingerprint density at radius 2 is 1.41 bits per heavy atom. The second-order valence-electron chi connectivity index (χ2n) is 7.25. The Morgan fingerprint density at radius 1 is 0.875 bits per heavy atom. The van der Waals surface area contributed by atoms with Crippen molar-refractivity contribution in [2.45, 2.75) is 39.9 Å². The summed E-state index contributed by atoms with van der Waals surface area (Å²) in [5, 5.41) is 2.59. The van der Waals surface area contributed by atoms with E-state index >= 15 is 0 Å². The molecule has 1 fully saturated rings. The summed E-state index contributed by atoms with van der Waals surface area (Å²) >= 11 is 0. The van der Waals surface area contributed by atoms with Crippen molar-refractivity contribution in [2.75, 3.05) is 78.1 Å². The summed E-state index contributed by atoms with van der Waals surface area (Å²) in [7, 11) is -3.55. The molecule has 1 aliphatic heterocycles. The van der Waals surface area contributed by atoms with Crippen molar-refractivity contribution in [2.24, 2.45) is 0 Å². The number of sulfonamides is 1. The Morgan fingerprint density at radius 3 is 1.94 bits per heavy atom. The lowest BCUT2D eigenvalue weighted by Gasteiger charge is -2.35. The molecule has 2 unspecified atom stereocenters. The smallest absolute Gasteiger partial charge is 0.251 e. The minimum absolute atomic E-state index is 0.00975. The topological polar surface area (TPSA) is 124 Å².